The quantitative estimate of drug-likeness (QED) is 0.240. The summed E-state index contributed by atoms with van der Waals surface area (Å²) in [4.78, 5) is 29.1. The molecule has 0 saturated carbocycles. The topological polar surface area (TPSA) is 124 Å². The summed E-state index contributed by atoms with van der Waals surface area (Å²) in [5.41, 5.74) is 0.866. The first-order chi connectivity index (χ1) is 21.5. The Morgan fingerprint density at radius 1 is 0.800 bits per heavy atom. The highest BCUT2D eigenvalue weighted by atomic mass is 32.2. The maximum absolute atomic E-state index is 14.4. The summed E-state index contributed by atoms with van der Waals surface area (Å²) in [6.07, 6.45) is 1.02. The molecule has 0 aliphatic carbocycles. The Balaban J connectivity index is 2.18. The number of ether oxygens (including phenoxy) is 4. The van der Waals surface area contributed by atoms with Crippen molar-refractivity contribution < 1.29 is 37.0 Å². The van der Waals surface area contributed by atoms with Gasteiger partial charge < -0.3 is 29.2 Å². The van der Waals surface area contributed by atoms with Crippen LogP contribution in [-0.4, -0.2) is 72.2 Å². The Bertz CT molecular complexity index is 1550. The van der Waals surface area contributed by atoms with Crippen molar-refractivity contribution in [1.29, 1.82) is 0 Å². The number of hydrogen-bond acceptors (Lipinski definition) is 8. The molecule has 3 aromatic carbocycles. The monoisotopic (exact) mass is 641 g/mol. The van der Waals surface area contributed by atoms with Gasteiger partial charge in [0, 0.05) is 24.7 Å². The molecule has 1 N–H and O–H groups in total. The second kappa shape index (κ2) is 16.0. The van der Waals surface area contributed by atoms with Crippen molar-refractivity contribution >= 4 is 27.5 Å². The van der Waals surface area contributed by atoms with Crippen molar-refractivity contribution in [3.8, 4) is 23.0 Å². The molecule has 0 spiro atoms. The zero-order valence-corrected chi connectivity index (χ0v) is 27.7. The zero-order chi connectivity index (χ0) is 33.1. The predicted molar refractivity (Wildman–Crippen MR) is 173 cm³/mol. The minimum Gasteiger partial charge on any atom is -0.497 e. The number of anilines is 1. The van der Waals surface area contributed by atoms with Crippen LogP contribution in [0.15, 0.2) is 71.6 Å². The molecule has 2 atom stereocenters. The number of amides is 2. The maximum Gasteiger partial charge on any atom is 0.265 e. The van der Waals surface area contributed by atoms with Gasteiger partial charge in [-0.1, -0.05) is 44.2 Å². The number of nitrogens with zero attached hydrogens (tertiary/aromatic N) is 2. The standard InChI is InChI=1S/C33H43N3O8S/c1-8-23(3)34-33(38)27(9-2)35(21-24-13-11-10-12-14-24)32(37)22-36(28-19-25(41-4)15-17-29(28)42-5)45(39,40)26-16-18-30(43-6)31(20-26)44-7/h10-20,23,27H,8-9,21-22H2,1-7H3,(H,34,38)/t23-,27-/m1/s1. The van der Waals surface area contributed by atoms with Crippen LogP contribution in [0, 0.1) is 0 Å². The van der Waals surface area contributed by atoms with Gasteiger partial charge in [0.05, 0.1) is 39.0 Å². The van der Waals surface area contributed by atoms with Crippen LogP contribution in [0.25, 0.3) is 0 Å². The Morgan fingerprint density at radius 3 is 2.02 bits per heavy atom. The molecule has 3 rings (SSSR count). The molecule has 2 amide bonds. The van der Waals surface area contributed by atoms with Gasteiger partial charge in [-0.3, -0.25) is 13.9 Å². The summed E-state index contributed by atoms with van der Waals surface area (Å²) >= 11 is 0. The Hall–Kier alpha value is -4.45. The van der Waals surface area contributed by atoms with E-state index in [4.69, 9.17) is 18.9 Å². The van der Waals surface area contributed by atoms with E-state index in [2.05, 4.69) is 5.32 Å². The Labute approximate surface area is 266 Å². The van der Waals surface area contributed by atoms with E-state index in [1.54, 1.807) is 12.1 Å². The van der Waals surface area contributed by atoms with Crippen LogP contribution in [0.4, 0.5) is 5.69 Å². The van der Waals surface area contributed by atoms with E-state index in [0.29, 0.717) is 24.3 Å². The molecule has 0 aliphatic rings. The van der Waals surface area contributed by atoms with E-state index in [9.17, 15) is 18.0 Å². The number of carbonyl (C=O) groups is 2. The first-order valence-corrected chi connectivity index (χ1v) is 16.1. The molecular weight excluding hydrogens is 598 g/mol. The van der Waals surface area contributed by atoms with E-state index < -0.39 is 28.5 Å². The molecule has 45 heavy (non-hydrogen) atoms. The van der Waals surface area contributed by atoms with Gasteiger partial charge in [0.1, 0.15) is 24.1 Å². The van der Waals surface area contributed by atoms with Crippen molar-refractivity contribution in [1.82, 2.24) is 10.2 Å². The third-order valence-corrected chi connectivity index (χ3v) is 9.21. The number of methoxy groups -OCH3 is 4. The van der Waals surface area contributed by atoms with Crippen LogP contribution in [0.2, 0.25) is 0 Å². The van der Waals surface area contributed by atoms with Gasteiger partial charge in [-0.05, 0) is 49.6 Å². The van der Waals surface area contributed by atoms with Crippen molar-refractivity contribution in [3.63, 3.8) is 0 Å². The van der Waals surface area contributed by atoms with Gasteiger partial charge in [0.15, 0.2) is 11.5 Å². The molecule has 0 aromatic heterocycles. The molecule has 0 bridgehead atoms. The molecule has 11 nitrogen and oxygen atoms in total. The van der Waals surface area contributed by atoms with E-state index in [0.717, 1.165) is 9.87 Å². The highest BCUT2D eigenvalue weighted by molar-refractivity contribution is 7.92. The van der Waals surface area contributed by atoms with Crippen LogP contribution >= 0.6 is 0 Å². The molecule has 3 aromatic rings. The number of sulfonamides is 1. The average Bonchev–Trinajstić information content (AvgIpc) is 3.06. The molecule has 12 heteroatoms. The number of carbonyl (C=O) groups excluding carboxylic acids is 2. The van der Waals surface area contributed by atoms with Crippen LogP contribution < -0.4 is 28.6 Å². The molecule has 244 valence electrons. The smallest absolute Gasteiger partial charge is 0.265 e. The fourth-order valence-electron chi connectivity index (χ4n) is 4.75. The highest BCUT2D eigenvalue weighted by Crippen LogP contribution is 2.38. The van der Waals surface area contributed by atoms with Gasteiger partial charge in [-0.25, -0.2) is 8.42 Å². The van der Waals surface area contributed by atoms with Gasteiger partial charge in [-0.15, -0.1) is 0 Å². The summed E-state index contributed by atoms with van der Waals surface area (Å²) in [7, 11) is 1.27. The van der Waals surface area contributed by atoms with Crippen molar-refractivity contribution in [2.75, 3.05) is 39.3 Å². The minimum absolute atomic E-state index is 0.0803. The molecule has 0 radical (unpaired) electrons. The fraction of sp³-hybridized carbons (Fsp3) is 0.394. The van der Waals surface area contributed by atoms with Crippen LogP contribution in [0.1, 0.15) is 39.2 Å². The molecule has 0 heterocycles. The summed E-state index contributed by atoms with van der Waals surface area (Å²) in [6, 6.07) is 17.1. The number of rotatable bonds is 16. The lowest BCUT2D eigenvalue weighted by atomic mass is 10.1. The summed E-state index contributed by atoms with van der Waals surface area (Å²) < 4.78 is 51.4. The van der Waals surface area contributed by atoms with Crippen LogP contribution in [-0.2, 0) is 26.2 Å². The van der Waals surface area contributed by atoms with Crippen molar-refractivity contribution in [3.05, 3.63) is 72.3 Å². The molecule has 0 aliphatic heterocycles. The van der Waals surface area contributed by atoms with Crippen LogP contribution in [0.5, 0.6) is 23.0 Å². The lowest BCUT2D eigenvalue weighted by Crippen LogP contribution is -2.53. The number of benzene rings is 3. The summed E-state index contributed by atoms with van der Waals surface area (Å²) in [5.74, 6) is 0.185. The minimum atomic E-state index is -4.43. The predicted octanol–water partition coefficient (Wildman–Crippen LogP) is 4.64. The van der Waals surface area contributed by atoms with Gasteiger partial charge >= 0.3 is 0 Å². The van der Waals surface area contributed by atoms with E-state index in [1.807, 2.05) is 51.1 Å². The van der Waals surface area contributed by atoms with E-state index in [1.165, 1.54) is 57.6 Å². The highest BCUT2D eigenvalue weighted by Gasteiger charge is 2.35. The summed E-state index contributed by atoms with van der Waals surface area (Å²) in [5, 5.41) is 2.97. The lowest BCUT2D eigenvalue weighted by molar-refractivity contribution is -0.140. The maximum atomic E-state index is 14.4. The number of hydrogen-bond donors (Lipinski definition) is 1. The molecule has 0 unspecified atom stereocenters. The van der Waals surface area contributed by atoms with Crippen LogP contribution in [0.3, 0.4) is 0 Å². The molecular formula is C33H43N3O8S. The largest absolute Gasteiger partial charge is 0.497 e. The average molecular weight is 642 g/mol. The van der Waals surface area contributed by atoms with Crippen molar-refractivity contribution in [2.24, 2.45) is 0 Å². The third kappa shape index (κ3) is 8.39. The third-order valence-electron chi connectivity index (χ3n) is 7.46. The van der Waals surface area contributed by atoms with E-state index in [-0.39, 0.29) is 40.6 Å². The van der Waals surface area contributed by atoms with E-state index >= 15 is 0 Å². The van der Waals surface area contributed by atoms with Gasteiger partial charge in [-0.2, -0.15) is 0 Å². The fourth-order valence-corrected chi connectivity index (χ4v) is 6.18. The number of nitrogens with one attached hydrogen (secondary N) is 1. The second-order valence-corrected chi connectivity index (χ2v) is 12.2. The first-order valence-electron chi connectivity index (χ1n) is 14.6. The van der Waals surface area contributed by atoms with Gasteiger partial charge in [0.2, 0.25) is 11.8 Å². The van der Waals surface area contributed by atoms with Crippen molar-refractivity contribution in [2.45, 2.75) is 57.1 Å². The van der Waals surface area contributed by atoms with Gasteiger partial charge in [0.25, 0.3) is 10.0 Å². The lowest BCUT2D eigenvalue weighted by Gasteiger charge is -2.34. The first kappa shape index (κ1) is 35.0. The molecule has 0 fully saturated rings. The summed E-state index contributed by atoms with van der Waals surface area (Å²) in [6.45, 7) is 5.11. The second-order valence-electron chi connectivity index (χ2n) is 10.3. The Morgan fingerprint density at radius 2 is 1.44 bits per heavy atom. The molecule has 0 saturated heterocycles. The zero-order valence-electron chi connectivity index (χ0n) is 26.9. The normalized spacial score (nSPS) is 12.4. The SMILES string of the molecule is CC[C@@H](C)NC(=O)[C@@H](CC)N(Cc1ccccc1)C(=O)CN(c1cc(OC)ccc1OC)S(=O)(=O)c1ccc(OC)c(OC)c1. The Kier molecular flexibility index (Phi) is 12.5.